The average molecular weight is 512 g/mol. The highest BCUT2D eigenvalue weighted by atomic mass is 127. The van der Waals surface area contributed by atoms with E-state index in [9.17, 15) is 15.3 Å². The summed E-state index contributed by atoms with van der Waals surface area (Å²) >= 11 is 2.21. The summed E-state index contributed by atoms with van der Waals surface area (Å²) in [5.74, 6) is 0.561. The first-order chi connectivity index (χ1) is 14.0. The number of anilines is 2. The van der Waals surface area contributed by atoms with Crippen LogP contribution in [0.2, 0.25) is 0 Å². The Morgan fingerprint density at radius 1 is 1.21 bits per heavy atom. The lowest BCUT2D eigenvalue weighted by atomic mass is 10.1. The molecule has 154 valence electrons. The molecule has 3 aromatic rings. The predicted octanol–water partition coefficient (Wildman–Crippen LogP) is 0.279. The van der Waals surface area contributed by atoms with Crippen molar-refractivity contribution in [1.82, 2.24) is 19.5 Å². The van der Waals surface area contributed by atoms with Crippen LogP contribution in [0.5, 0.6) is 0 Å². The second-order valence-corrected chi connectivity index (χ2v) is 7.97. The third kappa shape index (κ3) is 3.88. The fraction of sp³-hybridized carbons (Fsp3) is 0.389. The zero-order valence-electron chi connectivity index (χ0n) is 15.3. The zero-order chi connectivity index (χ0) is 20.5. The molecule has 1 aliphatic heterocycles. The van der Waals surface area contributed by atoms with Crippen LogP contribution in [-0.4, -0.2) is 66.3 Å². The van der Waals surface area contributed by atoms with Crippen LogP contribution < -0.4 is 11.1 Å². The van der Waals surface area contributed by atoms with E-state index in [1.54, 1.807) is 0 Å². The summed E-state index contributed by atoms with van der Waals surface area (Å²) in [6, 6.07) is 5.93. The third-order valence-electron chi connectivity index (χ3n) is 4.92. The van der Waals surface area contributed by atoms with E-state index in [0.717, 1.165) is 21.2 Å². The van der Waals surface area contributed by atoms with Crippen LogP contribution in [0.3, 0.4) is 0 Å². The first-order valence-corrected chi connectivity index (χ1v) is 10.1. The summed E-state index contributed by atoms with van der Waals surface area (Å²) in [4.78, 5) is 12.9. The van der Waals surface area contributed by atoms with E-state index in [2.05, 4.69) is 42.9 Å². The molecule has 10 nitrogen and oxygen atoms in total. The van der Waals surface area contributed by atoms with Crippen molar-refractivity contribution in [3.8, 4) is 0 Å². The number of imidazole rings is 1. The largest absolute Gasteiger partial charge is 0.398 e. The molecule has 4 rings (SSSR count). The molecule has 0 saturated carbocycles. The highest BCUT2D eigenvalue weighted by Crippen LogP contribution is 2.32. The van der Waals surface area contributed by atoms with Gasteiger partial charge in [-0.25, -0.2) is 15.0 Å². The van der Waals surface area contributed by atoms with Gasteiger partial charge in [0.1, 0.15) is 24.6 Å². The zero-order valence-corrected chi connectivity index (χ0v) is 17.5. The fourth-order valence-electron chi connectivity index (χ4n) is 3.33. The lowest BCUT2D eigenvalue weighted by Gasteiger charge is -2.16. The number of hydrogen-bond acceptors (Lipinski definition) is 9. The number of nitrogen functional groups attached to an aromatic ring is 1. The van der Waals surface area contributed by atoms with Crippen molar-refractivity contribution in [2.75, 3.05) is 24.2 Å². The molecule has 0 bridgehead atoms. The van der Waals surface area contributed by atoms with Crippen LogP contribution in [0, 0.1) is 3.57 Å². The molecule has 0 aliphatic carbocycles. The summed E-state index contributed by atoms with van der Waals surface area (Å²) < 4.78 is 8.12. The molecule has 3 heterocycles. The summed E-state index contributed by atoms with van der Waals surface area (Å²) in [6.07, 6.45) is -0.504. The number of benzene rings is 1. The number of nitrogens with one attached hydrogen (secondary N) is 1. The number of aliphatic hydroxyl groups excluding tert-OH is 3. The molecule has 29 heavy (non-hydrogen) atoms. The van der Waals surface area contributed by atoms with Gasteiger partial charge in [0.25, 0.3) is 0 Å². The van der Waals surface area contributed by atoms with Crippen molar-refractivity contribution in [2.45, 2.75) is 31.0 Å². The first kappa shape index (κ1) is 20.2. The lowest BCUT2D eigenvalue weighted by molar-refractivity contribution is -0.0511. The molecule has 0 spiro atoms. The maximum absolute atomic E-state index is 10.3. The molecule has 1 aromatic carbocycles. The summed E-state index contributed by atoms with van der Waals surface area (Å²) in [6.45, 7) is 0.236. The topological polar surface area (TPSA) is 152 Å². The summed E-state index contributed by atoms with van der Waals surface area (Å²) in [5, 5.41) is 32.8. The van der Waals surface area contributed by atoms with Crippen LogP contribution in [-0.2, 0) is 11.2 Å². The van der Waals surface area contributed by atoms with Gasteiger partial charge in [0.05, 0.1) is 12.9 Å². The summed E-state index contributed by atoms with van der Waals surface area (Å²) in [7, 11) is 0. The first-order valence-electron chi connectivity index (χ1n) is 9.07. The maximum Gasteiger partial charge on any atom is 0.167 e. The minimum absolute atomic E-state index is 0.396. The van der Waals surface area contributed by atoms with Crippen LogP contribution in [0.15, 0.2) is 30.9 Å². The molecule has 1 saturated heterocycles. The number of aromatic nitrogens is 4. The van der Waals surface area contributed by atoms with Gasteiger partial charge in [-0.05, 0) is 46.7 Å². The van der Waals surface area contributed by atoms with Gasteiger partial charge in [0.2, 0.25) is 0 Å². The number of fused-ring (bicyclic) bond motifs is 1. The molecular weight excluding hydrogens is 491 g/mol. The number of hydrogen-bond donors (Lipinski definition) is 5. The molecule has 0 radical (unpaired) electrons. The molecule has 4 atom stereocenters. The third-order valence-corrected chi connectivity index (χ3v) is 5.86. The maximum atomic E-state index is 10.3. The number of nitrogens with two attached hydrogens (primary N) is 1. The SMILES string of the molecule is Nc1ccc(CCNc2ncnc3c2ncn3[C@@H]2O[C@H](CO)[C@@H](O)[C@H]2O)cc1I. The molecule has 11 heteroatoms. The van der Waals surface area contributed by atoms with Gasteiger partial charge in [0, 0.05) is 15.8 Å². The minimum Gasteiger partial charge on any atom is -0.398 e. The number of nitrogens with zero attached hydrogens (tertiary/aromatic N) is 4. The van der Waals surface area contributed by atoms with E-state index in [-0.39, 0.29) is 0 Å². The number of halogens is 1. The van der Waals surface area contributed by atoms with Crippen molar-refractivity contribution in [3.63, 3.8) is 0 Å². The normalized spacial score (nSPS) is 24.3. The Morgan fingerprint density at radius 2 is 2.03 bits per heavy atom. The van der Waals surface area contributed by atoms with E-state index in [1.807, 2.05) is 18.2 Å². The molecule has 2 aromatic heterocycles. The van der Waals surface area contributed by atoms with Crippen LogP contribution in [0.25, 0.3) is 11.2 Å². The second kappa shape index (κ2) is 8.36. The van der Waals surface area contributed by atoms with E-state index in [4.69, 9.17) is 10.5 Å². The predicted molar refractivity (Wildman–Crippen MR) is 114 cm³/mol. The molecule has 6 N–H and O–H groups in total. The fourth-order valence-corrected chi connectivity index (χ4v) is 3.91. The Bertz CT molecular complexity index is 1020. The van der Waals surface area contributed by atoms with Crippen molar-refractivity contribution in [2.24, 2.45) is 0 Å². The smallest absolute Gasteiger partial charge is 0.167 e. The lowest BCUT2D eigenvalue weighted by Crippen LogP contribution is -2.33. The van der Waals surface area contributed by atoms with E-state index >= 15 is 0 Å². The van der Waals surface area contributed by atoms with Crippen molar-refractivity contribution >= 4 is 45.3 Å². The number of rotatable bonds is 6. The average Bonchev–Trinajstić information content (AvgIpc) is 3.26. The Kier molecular flexibility index (Phi) is 5.83. The molecule has 0 amide bonds. The monoisotopic (exact) mass is 512 g/mol. The van der Waals surface area contributed by atoms with E-state index in [1.165, 1.54) is 17.2 Å². The van der Waals surface area contributed by atoms with Gasteiger partial charge in [-0.1, -0.05) is 6.07 Å². The Labute approximate surface area is 179 Å². The molecule has 1 aliphatic rings. The van der Waals surface area contributed by atoms with Gasteiger partial charge in [-0.3, -0.25) is 4.57 Å². The number of aliphatic hydroxyl groups is 3. The van der Waals surface area contributed by atoms with Gasteiger partial charge in [-0.15, -0.1) is 0 Å². The Hall–Kier alpha value is -2.06. The molecule has 1 fully saturated rings. The van der Waals surface area contributed by atoms with Crippen molar-refractivity contribution in [3.05, 3.63) is 40.0 Å². The Morgan fingerprint density at radius 3 is 2.76 bits per heavy atom. The standard InChI is InChI=1S/C18H21IN6O4/c19-10-5-9(1-2-11(10)20)3-4-21-16-13-17(23-7-22-16)25(8-24-13)18-15(28)14(27)12(6-26)29-18/h1-2,5,7-8,12,14-15,18,26-28H,3-4,6,20H2,(H,21,22,23)/t12-,14-,15-,18-/m1/s1. The summed E-state index contributed by atoms with van der Waals surface area (Å²) in [5.41, 5.74) is 8.75. The van der Waals surface area contributed by atoms with Gasteiger partial charge in [-0.2, -0.15) is 0 Å². The van der Waals surface area contributed by atoms with Gasteiger partial charge in [0.15, 0.2) is 23.2 Å². The molecule has 0 unspecified atom stereocenters. The Balaban J connectivity index is 1.51. The quantitative estimate of drug-likeness (QED) is 0.232. The number of ether oxygens (including phenoxy) is 1. The van der Waals surface area contributed by atoms with Crippen LogP contribution in [0.4, 0.5) is 11.5 Å². The molecular formula is C18H21IN6O4. The minimum atomic E-state index is -1.20. The van der Waals surface area contributed by atoms with Crippen molar-refractivity contribution < 1.29 is 20.1 Å². The van der Waals surface area contributed by atoms with Crippen LogP contribution in [0.1, 0.15) is 11.8 Å². The highest BCUT2D eigenvalue weighted by molar-refractivity contribution is 14.1. The van der Waals surface area contributed by atoms with Gasteiger partial charge >= 0.3 is 0 Å². The van der Waals surface area contributed by atoms with Crippen molar-refractivity contribution in [1.29, 1.82) is 0 Å². The van der Waals surface area contributed by atoms with Crippen LogP contribution >= 0.6 is 22.6 Å². The second-order valence-electron chi connectivity index (χ2n) is 6.81. The van der Waals surface area contributed by atoms with E-state index in [0.29, 0.717) is 23.5 Å². The highest BCUT2D eigenvalue weighted by Gasteiger charge is 2.44. The van der Waals surface area contributed by atoms with Gasteiger partial charge < -0.3 is 31.1 Å². The van der Waals surface area contributed by atoms with E-state index < -0.39 is 31.1 Å².